The summed E-state index contributed by atoms with van der Waals surface area (Å²) in [6.45, 7) is 9.98. The first-order valence-corrected chi connectivity index (χ1v) is 18.0. The molecule has 6 heteroatoms. The van der Waals surface area contributed by atoms with Crippen LogP contribution in [0.4, 0.5) is 0 Å². The Morgan fingerprint density at radius 3 is 1.40 bits per heavy atom. The second kappa shape index (κ2) is 16.5. The molecule has 0 unspecified atom stereocenters. The molecule has 0 spiro atoms. The maximum absolute atomic E-state index is 5.36. The fourth-order valence-electron chi connectivity index (χ4n) is 7.05. The van der Waals surface area contributed by atoms with Crippen LogP contribution >= 0.6 is 0 Å². The monoisotopic (exact) mass is 701 g/mol. The summed E-state index contributed by atoms with van der Waals surface area (Å²) in [7, 11) is 0. The van der Waals surface area contributed by atoms with Crippen molar-refractivity contribution in [1.82, 2.24) is 24.8 Å². The molecule has 2 aliphatic heterocycles. The van der Waals surface area contributed by atoms with Gasteiger partial charge in [-0.1, -0.05) is 112 Å². The number of aromatic nitrogens is 4. The van der Waals surface area contributed by atoms with Crippen LogP contribution in [-0.4, -0.2) is 34.5 Å². The second-order valence-corrected chi connectivity index (χ2v) is 12.9. The summed E-state index contributed by atoms with van der Waals surface area (Å²) in [4.78, 5) is 23.8. The topological polar surface area (TPSA) is 57.2 Å². The van der Waals surface area contributed by atoms with Crippen molar-refractivity contribution in [3.63, 3.8) is 0 Å². The number of fused-ring (bicyclic) bond motifs is 8. The predicted octanol–water partition coefficient (Wildman–Crippen LogP) is 10.3. The van der Waals surface area contributed by atoms with Gasteiger partial charge in [0, 0.05) is 0 Å². The van der Waals surface area contributed by atoms with E-state index in [-0.39, 0.29) is 16.5 Å². The molecule has 7 rings (SSSR count). The molecule has 8 bridgehead atoms. The van der Waals surface area contributed by atoms with Crippen LogP contribution in [0.5, 0.6) is 0 Å². The Bertz CT molecular complexity index is 2100. The molecule has 0 fully saturated rings. The first-order valence-electron chi connectivity index (χ1n) is 18.0. The number of rotatable bonds is 12. The maximum atomic E-state index is 5.36. The maximum Gasteiger partial charge on any atom is 2.00 e. The number of hydrogen-bond acceptors (Lipinski definition) is 3. The van der Waals surface area contributed by atoms with Crippen LogP contribution in [0, 0.1) is 0 Å². The molecule has 2 aliphatic rings. The molecule has 0 radical (unpaired) electrons. The van der Waals surface area contributed by atoms with E-state index in [1.54, 1.807) is 0 Å². The summed E-state index contributed by atoms with van der Waals surface area (Å²) in [6, 6.07) is 29.8. The zero-order valence-electron chi connectivity index (χ0n) is 29.3. The number of aryl methyl sites for hydroxylation is 2. The number of hydrogen-bond donors (Lipinski definition) is 0. The van der Waals surface area contributed by atoms with Crippen LogP contribution in [0.25, 0.3) is 68.6 Å². The summed E-state index contributed by atoms with van der Waals surface area (Å²) in [5.41, 5.74) is 14.4. The van der Waals surface area contributed by atoms with Crippen LogP contribution in [0.1, 0.15) is 80.4 Å². The van der Waals surface area contributed by atoms with Gasteiger partial charge in [0.05, 0.1) is 22.8 Å². The van der Waals surface area contributed by atoms with Crippen LogP contribution in [0.3, 0.4) is 0 Å². The summed E-state index contributed by atoms with van der Waals surface area (Å²) >= 11 is 0. The van der Waals surface area contributed by atoms with E-state index in [1.807, 2.05) is 0 Å². The van der Waals surface area contributed by atoms with Gasteiger partial charge in [0.1, 0.15) is 0 Å². The van der Waals surface area contributed by atoms with Gasteiger partial charge < -0.3 is 14.9 Å². The minimum atomic E-state index is 0. The quantitative estimate of drug-likeness (QED) is 0.0937. The molecule has 0 saturated heterocycles. The molecule has 0 N–H and O–H groups in total. The van der Waals surface area contributed by atoms with Crippen molar-refractivity contribution in [2.75, 3.05) is 19.6 Å². The van der Waals surface area contributed by atoms with Crippen molar-refractivity contribution in [3.8, 4) is 22.3 Å². The molecule has 0 amide bonds. The number of nitrogens with zero attached hydrogens (tertiary/aromatic N) is 5. The fourth-order valence-corrected chi connectivity index (χ4v) is 7.05. The van der Waals surface area contributed by atoms with E-state index in [0.29, 0.717) is 0 Å². The van der Waals surface area contributed by atoms with Crippen molar-refractivity contribution in [3.05, 3.63) is 119 Å². The summed E-state index contributed by atoms with van der Waals surface area (Å²) in [5.74, 6) is 0. The van der Waals surface area contributed by atoms with E-state index in [1.165, 1.54) is 11.1 Å². The Morgan fingerprint density at radius 1 is 0.500 bits per heavy atom. The molecular formula is C44H45N5Ni. The van der Waals surface area contributed by atoms with Crippen molar-refractivity contribution < 1.29 is 16.5 Å². The molecule has 0 aliphatic carbocycles. The van der Waals surface area contributed by atoms with E-state index in [4.69, 9.17) is 19.9 Å². The minimum Gasteiger partial charge on any atom is -0.657 e. The third-order valence-electron chi connectivity index (χ3n) is 9.77. The molecule has 5 heterocycles. The first-order chi connectivity index (χ1) is 24.2. The number of benzene rings is 2. The van der Waals surface area contributed by atoms with Gasteiger partial charge in [-0.25, -0.2) is 9.97 Å². The van der Waals surface area contributed by atoms with Gasteiger partial charge in [0.2, 0.25) is 0 Å². The number of unbranched alkanes of at least 4 members (excludes halogenated alkanes) is 2. The first kappa shape index (κ1) is 35.3. The summed E-state index contributed by atoms with van der Waals surface area (Å²) in [5, 5.41) is 0. The third-order valence-corrected chi connectivity index (χ3v) is 9.77. The molecule has 50 heavy (non-hydrogen) atoms. The summed E-state index contributed by atoms with van der Waals surface area (Å²) < 4.78 is 0. The van der Waals surface area contributed by atoms with Gasteiger partial charge in [-0.05, 0) is 109 Å². The molecule has 3 aromatic heterocycles. The van der Waals surface area contributed by atoms with Crippen LogP contribution < -0.4 is 9.97 Å². The van der Waals surface area contributed by atoms with E-state index < -0.39 is 0 Å². The van der Waals surface area contributed by atoms with Crippen LogP contribution in [0.2, 0.25) is 0 Å². The molecule has 5 aromatic rings. The van der Waals surface area contributed by atoms with Gasteiger partial charge in [-0.3, -0.25) is 0 Å². The summed E-state index contributed by atoms with van der Waals surface area (Å²) in [6.07, 6.45) is 14.9. The van der Waals surface area contributed by atoms with Gasteiger partial charge >= 0.3 is 16.5 Å². The molecule has 5 nitrogen and oxygen atoms in total. The SMILES string of the molecule is CCCCc1c2nc(c(-c3ccccc3)c3ccc([n-]3)c(CCCCN(CC)CC)c3nc(c(-c4ccccc4)c4ccc1[n-]4)C=C3)C=C2.[Ni+2]. The largest absolute Gasteiger partial charge is 2.00 e. The normalized spacial score (nSPS) is 12.1. The minimum absolute atomic E-state index is 0. The van der Waals surface area contributed by atoms with E-state index in [2.05, 4.69) is 135 Å². The zero-order valence-corrected chi connectivity index (χ0v) is 30.3. The molecule has 0 saturated carbocycles. The van der Waals surface area contributed by atoms with Crippen molar-refractivity contribution in [1.29, 1.82) is 0 Å². The van der Waals surface area contributed by atoms with Crippen molar-refractivity contribution >= 4 is 46.4 Å². The second-order valence-electron chi connectivity index (χ2n) is 12.9. The standard InChI is InChI=1S/C44H45N5.Ni/c1-4-7-20-33-35-22-26-39(45-35)43(31-16-10-8-11-17-31)41-28-24-37(47-41)34(21-14-15-30-49(5-2)6-3)38-25-29-42(48-38)44(32-18-12-9-13-19-32)40-27-23-36(33)46-40;/h8-13,16-19,22-29H,4-7,14-15,20-21,30H2,1-3H3;/q-2;+2. The molecule has 256 valence electrons. The Kier molecular flexibility index (Phi) is 11.6. The van der Waals surface area contributed by atoms with Crippen molar-refractivity contribution in [2.24, 2.45) is 0 Å². The Morgan fingerprint density at radius 2 is 0.940 bits per heavy atom. The Hall–Kier alpha value is -4.51. The van der Waals surface area contributed by atoms with Crippen LogP contribution in [0.15, 0.2) is 84.9 Å². The third kappa shape index (κ3) is 7.48. The zero-order chi connectivity index (χ0) is 33.6. The fraction of sp³-hybridized carbons (Fsp3) is 0.273. The van der Waals surface area contributed by atoms with E-state index in [0.717, 1.165) is 125 Å². The van der Waals surface area contributed by atoms with Gasteiger partial charge in [-0.15, -0.1) is 22.1 Å². The van der Waals surface area contributed by atoms with Crippen LogP contribution in [-0.2, 0) is 29.3 Å². The van der Waals surface area contributed by atoms with E-state index in [9.17, 15) is 0 Å². The predicted molar refractivity (Wildman–Crippen MR) is 207 cm³/mol. The van der Waals surface area contributed by atoms with Gasteiger partial charge in [0.25, 0.3) is 0 Å². The van der Waals surface area contributed by atoms with Gasteiger partial charge in [-0.2, -0.15) is 0 Å². The molecule has 2 aromatic carbocycles. The molecular weight excluding hydrogens is 657 g/mol. The average molecular weight is 703 g/mol. The molecule has 0 atom stereocenters. The Labute approximate surface area is 306 Å². The van der Waals surface area contributed by atoms with Gasteiger partial charge in [0.15, 0.2) is 0 Å². The van der Waals surface area contributed by atoms with Crippen molar-refractivity contribution in [2.45, 2.75) is 59.3 Å². The smallest absolute Gasteiger partial charge is 0.657 e. The Balaban J connectivity index is 0.00000432. The average Bonchev–Trinajstić information content (AvgIpc) is 3.98. The van der Waals surface area contributed by atoms with E-state index >= 15 is 0 Å².